The third-order valence-electron chi connectivity index (χ3n) is 3.04. The molecular weight excluding hydrogens is 240 g/mol. The molecule has 3 aromatic rings. The van der Waals surface area contributed by atoms with Crippen LogP contribution in [0.3, 0.4) is 0 Å². The average molecular weight is 254 g/mol. The fourth-order valence-corrected chi connectivity index (χ4v) is 2.15. The zero-order valence-corrected chi connectivity index (χ0v) is 10.3. The lowest BCUT2D eigenvalue weighted by Crippen LogP contribution is -2.06. The van der Waals surface area contributed by atoms with Crippen LogP contribution in [0.25, 0.3) is 11.0 Å². The van der Waals surface area contributed by atoms with Gasteiger partial charge in [0.15, 0.2) is 0 Å². The zero-order valence-electron chi connectivity index (χ0n) is 10.3. The highest BCUT2D eigenvalue weighted by Gasteiger charge is 2.10. The summed E-state index contributed by atoms with van der Waals surface area (Å²) in [4.78, 5) is 8.69. The molecule has 5 nitrogen and oxygen atoms in total. The van der Waals surface area contributed by atoms with Crippen molar-refractivity contribution in [2.45, 2.75) is 13.2 Å². The van der Waals surface area contributed by atoms with Crippen molar-refractivity contribution in [3.63, 3.8) is 0 Å². The molecule has 0 spiro atoms. The molecule has 2 heterocycles. The third kappa shape index (κ3) is 2.15. The van der Waals surface area contributed by atoms with Crippen LogP contribution < -0.4 is 5.73 Å². The summed E-state index contributed by atoms with van der Waals surface area (Å²) in [5.41, 5.74) is 9.08. The van der Waals surface area contributed by atoms with Crippen molar-refractivity contribution in [3.05, 3.63) is 54.1 Å². The van der Waals surface area contributed by atoms with Crippen LogP contribution in [0.1, 0.15) is 11.5 Å². The molecule has 3 rings (SSSR count). The maximum atomic E-state index is 9.43. The zero-order chi connectivity index (χ0) is 13.2. The summed E-state index contributed by atoms with van der Waals surface area (Å²) in [5.74, 6) is 0.617. The summed E-state index contributed by atoms with van der Waals surface area (Å²) in [6, 6.07) is 11.3. The Morgan fingerprint density at radius 2 is 2.11 bits per heavy atom. The minimum absolute atomic E-state index is 0.110. The molecule has 0 saturated heterocycles. The van der Waals surface area contributed by atoms with Gasteiger partial charge in [-0.05, 0) is 30.3 Å². The number of aromatic nitrogens is 3. The number of fused-ring (bicyclic) bond motifs is 1. The van der Waals surface area contributed by atoms with E-state index < -0.39 is 0 Å². The van der Waals surface area contributed by atoms with Crippen molar-refractivity contribution in [2.24, 2.45) is 0 Å². The van der Waals surface area contributed by atoms with Gasteiger partial charge >= 0.3 is 0 Å². The molecule has 96 valence electrons. The molecule has 0 unspecified atom stereocenters. The van der Waals surface area contributed by atoms with Crippen LogP contribution >= 0.6 is 0 Å². The normalized spacial score (nSPS) is 11.0. The predicted molar refractivity (Wildman–Crippen MR) is 73.4 cm³/mol. The molecule has 2 aromatic heterocycles. The number of imidazole rings is 1. The summed E-state index contributed by atoms with van der Waals surface area (Å²) in [5, 5.41) is 9.43. The molecule has 0 bridgehead atoms. The number of benzene rings is 1. The number of aliphatic hydroxyl groups excluding tert-OH is 1. The quantitative estimate of drug-likeness (QED) is 0.695. The highest BCUT2D eigenvalue weighted by Crippen LogP contribution is 2.20. The number of nitrogen functional groups attached to an aromatic ring is 1. The predicted octanol–water partition coefficient (Wildman–Crippen LogP) is 1.55. The Balaban J connectivity index is 2.11. The van der Waals surface area contributed by atoms with Crippen molar-refractivity contribution >= 4 is 16.7 Å². The fourth-order valence-electron chi connectivity index (χ4n) is 2.15. The molecule has 0 fully saturated rings. The third-order valence-corrected chi connectivity index (χ3v) is 3.04. The van der Waals surface area contributed by atoms with E-state index in [1.165, 1.54) is 0 Å². The van der Waals surface area contributed by atoms with Gasteiger partial charge in [-0.1, -0.05) is 6.07 Å². The van der Waals surface area contributed by atoms with Gasteiger partial charge in [0.2, 0.25) is 0 Å². The summed E-state index contributed by atoms with van der Waals surface area (Å²) < 4.78 is 1.96. The Hall–Kier alpha value is -2.40. The molecule has 0 aliphatic heterocycles. The highest BCUT2D eigenvalue weighted by molar-refractivity contribution is 5.79. The number of aliphatic hydroxyl groups is 1. The molecule has 0 amide bonds. The van der Waals surface area contributed by atoms with Gasteiger partial charge in [0.05, 0.1) is 23.3 Å². The van der Waals surface area contributed by atoms with Crippen molar-refractivity contribution in [1.82, 2.24) is 14.5 Å². The van der Waals surface area contributed by atoms with Crippen molar-refractivity contribution in [2.75, 3.05) is 5.73 Å². The number of hydrogen-bond donors (Lipinski definition) is 2. The Morgan fingerprint density at radius 3 is 2.84 bits per heavy atom. The van der Waals surface area contributed by atoms with Gasteiger partial charge in [0.1, 0.15) is 12.4 Å². The standard InChI is InChI=1S/C14H14N4O/c15-10-4-5-13-12(7-10)17-14(9-19)18(13)8-11-3-1-2-6-16-11/h1-7,19H,8-9,15H2. The van der Waals surface area contributed by atoms with Gasteiger partial charge in [-0.3, -0.25) is 4.98 Å². The molecule has 0 aliphatic carbocycles. The lowest BCUT2D eigenvalue weighted by molar-refractivity contribution is 0.267. The lowest BCUT2D eigenvalue weighted by atomic mass is 10.2. The van der Waals surface area contributed by atoms with E-state index in [-0.39, 0.29) is 6.61 Å². The van der Waals surface area contributed by atoms with Crippen molar-refractivity contribution in [1.29, 1.82) is 0 Å². The number of nitrogens with zero attached hydrogens (tertiary/aromatic N) is 3. The van der Waals surface area contributed by atoms with E-state index >= 15 is 0 Å². The summed E-state index contributed by atoms with van der Waals surface area (Å²) in [6.45, 7) is 0.471. The molecule has 0 saturated carbocycles. The van der Waals surface area contributed by atoms with Crippen molar-refractivity contribution in [3.8, 4) is 0 Å². The molecule has 5 heteroatoms. The number of anilines is 1. The Labute approximate surface area is 110 Å². The van der Waals surface area contributed by atoms with Crippen LogP contribution in [0.2, 0.25) is 0 Å². The summed E-state index contributed by atoms with van der Waals surface area (Å²) >= 11 is 0. The van der Waals surface area contributed by atoms with Gasteiger partial charge < -0.3 is 15.4 Å². The van der Waals surface area contributed by atoms with E-state index in [1.807, 2.05) is 41.0 Å². The Bertz CT molecular complexity index is 706. The second-order valence-electron chi connectivity index (χ2n) is 4.34. The summed E-state index contributed by atoms with van der Waals surface area (Å²) in [6.07, 6.45) is 1.76. The minimum atomic E-state index is -0.110. The molecule has 0 atom stereocenters. The maximum absolute atomic E-state index is 9.43. The van der Waals surface area contributed by atoms with Crippen LogP contribution in [0.5, 0.6) is 0 Å². The van der Waals surface area contributed by atoms with Gasteiger partial charge in [0, 0.05) is 11.9 Å². The Kier molecular flexibility index (Phi) is 2.89. The van der Waals surface area contributed by atoms with Crippen LogP contribution in [-0.2, 0) is 13.2 Å². The Morgan fingerprint density at radius 1 is 1.21 bits per heavy atom. The SMILES string of the molecule is Nc1ccc2c(c1)nc(CO)n2Cc1ccccn1. The summed E-state index contributed by atoms with van der Waals surface area (Å²) in [7, 11) is 0. The molecule has 1 aromatic carbocycles. The van der Waals surface area contributed by atoms with Gasteiger partial charge in [-0.15, -0.1) is 0 Å². The number of pyridine rings is 1. The number of rotatable bonds is 3. The topological polar surface area (TPSA) is 77.0 Å². The molecule has 0 radical (unpaired) electrons. The van der Waals surface area contributed by atoms with E-state index in [0.29, 0.717) is 18.1 Å². The smallest absolute Gasteiger partial charge is 0.136 e. The lowest BCUT2D eigenvalue weighted by Gasteiger charge is -2.07. The first kappa shape index (κ1) is 11.7. The van der Waals surface area contributed by atoms with E-state index in [4.69, 9.17) is 5.73 Å². The molecule has 0 aliphatic rings. The van der Waals surface area contributed by atoms with Crippen molar-refractivity contribution < 1.29 is 5.11 Å². The van der Waals surface area contributed by atoms with Gasteiger partial charge in [-0.2, -0.15) is 0 Å². The second kappa shape index (κ2) is 4.70. The minimum Gasteiger partial charge on any atom is -0.399 e. The van der Waals surface area contributed by atoms with E-state index in [1.54, 1.807) is 6.20 Å². The maximum Gasteiger partial charge on any atom is 0.136 e. The number of nitrogens with two attached hydrogens (primary N) is 1. The van der Waals surface area contributed by atoms with E-state index in [0.717, 1.165) is 16.7 Å². The monoisotopic (exact) mass is 254 g/mol. The molecular formula is C14H14N4O. The van der Waals surface area contributed by atoms with Crippen LogP contribution in [0, 0.1) is 0 Å². The first-order chi connectivity index (χ1) is 9.28. The van der Waals surface area contributed by atoms with Crippen LogP contribution in [0.4, 0.5) is 5.69 Å². The van der Waals surface area contributed by atoms with Gasteiger partial charge in [-0.25, -0.2) is 4.98 Å². The fraction of sp³-hybridized carbons (Fsp3) is 0.143. The second-order valence-corrected chi connectivity index (χ2v) is 4.34. The number of hydrogen-bond acceptors (Lipinski definition) is 4. The first-order valence-electron chi connectivity index (χ1n) is 6.03. The van der Waals surface area contributed by atoms with E-state index in [2.05, 4.69) is 9.97 Å². The average Bonchev–Trinajstić information content (AvgIpc) is 2.77. The molecule has 3 N–H and O–H groups in total. The molecule has 19 heavy (non-hydrogen) atoms. The first-order valence-corrected chi connectivity index (χ1v) is 6.03. The van der Waals surface area contributed by atoms with Crippen LogP contribution in [0.15, 0.2) is 42.6 Å². The van der Waals surface area contributed by atoms with Gasteiger partial charge in [0.25, 0.3) is 0 Å². The van der Waals surface area contributed by atoms with Crippen LogP contribution in [-0.4, -0.2) is 19.6 Å². The highest BCUT2D eigenvalue weighted by atomic mass is 16.3. The van der Waals surface area contributed by atoms with E-state index in [9.17, 15) is 5.11 Å². The largest absolute Gasteiger partial charge is 0.399 e.